The van der Waals surface area contributed by atoms with Crippen molar-refractivity contribution in [3.05, 3.63) is 48.5 Å². The summed E-state index contributed by atoms with van der Waals surface area (Å²) in [4.78, 5) is 26.6. The van der Waals surface area contributed by atoms with Crippen LogP contribution in [0.15, 0.2) is 48.5 Å². The molecule has 1 fully saturated rings. The molecule has 6 nitrogen and oxygen atoms in total. The van der Waals surface area contributed by atoms with Crippen LogP contribution in [0.1, 0.15) is 12.8 Å². The van der Waals surface area contributed by atoms with Gasteiger partial charge in [-0.15, -0.1) is 0 Å². The molecule has 4 rings (SSSR count). The molecule has 128 valence electrons. The summed E-state index contributed by atoms with van der Waals surface area (Å²) < 4.78 is 11.0. The number of rotatable bonds is 3. The van der Waals surface area contributed by atoms with Crippen molar-refractivity contribution in [1.82, 2.24) is 0 Å². The van der Waals surface area contributed by atoms with Crippen LogP contribution in [-0.4, -0.2) is 31.1 Å². The van der Waals surface area contributed by atoms with Gasteiger partial charge in [-0.3, -0.25) is 14.5 Å². The lowest BCUT2D eigenvalue weighted by atomic mass is 10.1. The number of amides is 2. The van der Waals surface area contributed by atoms with Crippen molar-refractivity contribution >= 4 is 23.2 Å². The van der Waals surface area contributed by atoms with E-state index in [1.54, 1.807) is 23.1 Å². The van der Waals surface area contributed by atoms with E-state index in [1.807, 2.05) is 30.3 Å². The van der Waals surface area contributed by atoms with E-state index in [0.29, 0.717) is 43.2 Å². The fourth-order valence-electron chi connectivity index (χ4n) is 3.19. The number of carbonyl (C=O) groups is 2. The molecular weight excluding hydrogens is 320 g/mol. The topological polar surface area (TPSA) is 67.9 Å². The monoisotopic (exact) mass is 338 g/mol. The fourth-order valence-corrected chi connectivity index (χ4v) is 3.19. The van der Waals surface area contributed by atoms with Gasteiger partial charge in [0.05, 0.1) is 0 Å². The number of hydrogen-bond acceptors (Lipinski definition) is 4. The largest absolute Gasteiger partial charge is 0.486 e. The van der Waals surface area contributed by atoms with Crippen LogP contribution >= 0.6 is 0 Å². The highest BCUT2D eigenvalue weighted by Crippen LogP contribution is 2.33. The average Bonchev–Trinajstić information content (AvgIpc) is 3.04. The standard InChI is InChI=1S/C19H18N2O4/c22-18-9-7-15(21(18)14-4-2-1-3-5-14)19(23)20-13-6-8-16-17(12-13)25-11-10-24-16/h1-6,8,12,15H,7,9-11H2,(H,20,23). The van der Waals surface area contributed by atoms with Crippen molar-refractivity contribution in [2.24, 2.45) is 0 Å². The summed E-state index contributed by atoms with van der Waals surface area (Å²) in [5, 5.41) is 2.89. The number of benzene rings is 2. The van der Waals surface area contributed by atoms with Crippen LogP contribution in [0.2, 0.25) is 0 Å². The smallest absolute Gasteiger partial charge is 0.247 e. The van der Waals surface area contributed by atoms with Gasteiger partial charge in [0.1, 0.15) is 19.3 Å². The van der Waals surface area contributed by atoms with E-state index in [4.69, 9.17) is 9.47 Å². The van der Waals surface area contributed by atoms with Crippen LogP contribution in [0.3, 0.4) is 0 Å². The fraction of sp³-hybridized carbons (Fsp3) is 0.263. The highest BCUT2D eigenvalue weighted by molar-refractivity contribution is 6.07. The number of carbonyl (C=O) groups excluding carboxylic acids is 2. The third kappa shape index (κ3) is 3.03. The Kier molecular flexibility index (Phi) is 4.01. The Labute approximate surface area is 145 Å². The zero-order chi connectivity index (χ0) is 17.2. The Morgan fingerprint density at radius 2 is 1.80 bits per heavy atom. The molecule has 0 aliphatic carbocycles. The van der Waals surface area contributed by atoms with Crippen LogP contribution in [0.5, 0.6) is 11.5 Å². The summed E-state index contributed by atoms with van der Waals surface area (Å²) in [6.07, 6.45) is 0.873. The van der Waals surface area contributed by atoms with E-state index in [9.17, 15) is 9.59 Å². The van der Waals surface area contributed by atoms with Crippen LogP contribution < -0.4 is 19.7 Å². The van der Waals surface area contributed by atoms with E-state index in [1.165, 1.54) is 0 Å². The lowest BCUT2D eigenvalue weighted by Crippen LogP contribution is -2.41. The first kappa shape index (κ1) is 15.5. The SMILES string of the molecule is O=C(Nc1ccc2c(c1)OCCO2)C1CCC(=O)N1c1ccccc1. The maximum atomic E-state index is 12.7. The maximum Gasteiger partial charge on any atom is 0.247 e. The normalized spacial score (nSPS) is 19.0. The summed E-state index contributed by atoms with van der Waals surface area (Å²) in [6, 6.07) is 14.1. The van der Waals surface area contributed by atoms with Gasteiger partial charge in [0.15, 0.2) is 11.5 Å². The second-order valence-electron chi connectivity index (χ2n) is 6.00. The summed E-state index contributed by atoms with van der Waals surface area (Å²) in [7, 11) is 0. The number of hydrogen-bond donors (Lipinski definition) is 1. The number of anilines is 2. The molecule has 1 N–H and O–H groups in total. The predicted molar refractivity (Wildman–Crippen MR) is 93.0 cm³/mol. The lowest BCUT2D eigenvalue weighted by Gasteiger charge is -2.24. The Morgan fingerprint density at radius 3 is 2.60 bits per heavy atom. The molecule has 2 aliphatic heterocycles. The second-order valence-corrected chi connectivity index (χ2v) is 6.00. The van der Waals surface area contributed by atoms with E-state index in [-0.39, 0.29) is 11.8 Å². The molecule has 2 aliphatic rings. The van der Waals surface area contributed by atoms with Gasteiger partial charge in [0.2, 0.25) is 11.8 Å². The molecule has 25 heavy (non-hydrogen) atoms. The molecule has 0 aromatic heterocycles. The van der Waals surface area contributed by atoms with Gasteiger partial charge in [0.25, 0.3) is 0 Å². The van der Waals surface area contributed by atoms with Crippen molar-refractivity contribution in [1.29, 1.82) is 0 Å². The first-order chi connectivity index (χ1) is 12.2. The molecule has 0 saturated carbocycles. The first-order valence-electron chi connectivity index (χ1n) is 8.30. The summed E-state index contributed by atoms with van der Waals surface area (Å²) in [5.74, 6) is 1.05. The van der Waals surface area contributed by atoms with Gasteiger partial charge in [-0.2, -0.15) is 0 Å². The summed E-state index contributed by atoms with van der Waals surface area (Å²) in [5.41, 5.74) is 1.37. The van der Waals surface area contributed by atoms with E-state index < -0.39 is 6.04 Å². The molecule has 0 radical (unpaired) electrons. The van der Waals surface area contributed by atoms with Crippen LogP contribution in [-0.2, 0) is 9.59 Å². The van der Waals surface area contributed by atoms with Crippen LogP contribution in [0.4, 0.5) is 11.4 Å². The zero-order valence-corrected chi connectivity index (χ0v) is 13.6. The molecule has 2 aromatic rings. The lowest BCUT2D eigenvalue weighted by molar-refractivity contribution is -0.120. The molecule has 2 amide bonds. The van der Waals surface area contributed by atoms with E-state index >= 15 is 0 Å². The Bertz CT molecular complexity index is 806. The van der Waals surface area contributed by atoms with E-state index in [2.05, 4.69) is 5.32 Å². The second kappa shape index (κ2) is 6.47. The Balaban J connectivity index is 1.53. The quantitative estimate of drug-likeness (QED) is 0.934. The molecule has 2 heterocycles. The number of ether oxygens (including phenoxy) is 2. The van der Waals surface area contributed by atoms with Crippen molar-refractivity contribution in [3.63, 3.8) is 0 Å². The minimum atomic E-state index is -0.511. The van der Waals surface area contributed by atoms with Gasteiger partial charge in [0, 0.05) is 23.9 Å². The molecule has 1 saturated heterocycles. The first-order valence-corrected chi connectivity index (χ1v) is 8.30. The molecule has 6 heteroatoms. The predicted octanol–water partition coefficient (Wildman–Crippen LogP) is 2.59. The average molecular weight is 338 g/mol. The van der Waals surface area contributed by atoms with Crippen molar-refractivity contribution in [2.75, 3.05) is 23.4 Å². The Hall–Kier alpha value is -3.02. The third-order valence-corrected chi connectivity index (χ3v) is 4.36. The minimum Gasteiger partial charge on any atom is -0.486 e. The molecule has 2 aromatic carbocycles. The van der Waals surface area contributed by atoms with E-state index in [0.717, 1.165) is 5.69 Å². The van der Waals surface area contributed by atoms with Gasteiger partial charge >= 0.3 is 0 Å². The number of nitrogens with one attached hydrogen (secondary N) is 1. The third-order valence-electron chi connectivity index (χ3n) is 4.36. The van der Waals surface area contributed by atoms with Crippen LogP contribution in [0.25, 0.3) is 0 Å². The molecule has 0 spiro atoms. The van der Waals surface area contributed by atoms with Gasteiger partial charge < -0.3 is 14.8 Å². The van der Waals surface area contributed by atoms with Gasteiger partial charge in [-0.1, -0.05) is 18.2 Å². The van der Waals surface area contributed by atoms with Crippen molar-refractivity contribution < 1.29 is 19.1 Å². The van der Waals surface area contributed by atoms with Gasteiger partial charge in [-0.05, 0) is 30.7 Å². The molecular formula is C19H18N2O4. The maximum absolute atomic E-state index is 12.7. The highest BCUT2D eigenvalue weighted by atomic mass is 16.6. The van der Waals surface area contributed by atoms with Crippen molar-refractivity contribution in [2.45, 2.75) is 18.9 Å². The van der Waals surface area contributed by atoms with Crippen molar-refractivity contribution in [3.8, 4) is 11.5 Å². The number of para-hydroxylation sites is 1. The minimum absolute atomic E-state index is 0.0338. The van der Waals surface area contributed by atoms with Crippen LogP contribution in [0, 0.1) is 0 Å². The number of fused-ring (bicyclic) bond motifs is 1. The molecule has 0 bridgehead atoms. The van der Waals surface area contributed by atoms with Gasteiger partial charge in [-0.25, -0.2) is 0 Å². The molecule has 1 unspecified atom stereocenters. The number of nitrogens with zero attached hydrogens (tertiary/aromatic N) is 1. The Morgan fingerprint density at radius 1 is 1.04 bits per heavy atom. The highest BCUT2D eigenvalue weighted by Gasteiger charge is 2.37. The zero-order valence-electron chi connectivity index (χ0n) is 13.6. The summed E-state index contributed by atoms with van der Waals surface area (Å²) in [6.45, 7) is 1.01. The molecule has 1 atom stereocenters. The summed E-state index contributed by atoms with van der Waals surface area (Å²) >= 11 is 0.